The van der Waals surface area contributed by atoms with E-state index in [9.17, 15) is 9.59 Å². The summed E-state index contributed by atoms with van der Waals surface area (Å²) in [5, 5.41) is 2.72. The molecule has 2 N–H and O–H groups in total. The van der Waals surface area contributed by atoms with Crippen LogP contribution in [-0.2, 0) is 6.54 Å². The average Bonchev–Trinajstić information content (AvgIpc) is 3.20. The largest absolute Gasteiger partial charge is 0.493 e. The molecule has 134 valence electrons. The van der Waals surface area contributed by atoms with E-state index in [0.717, 1.165) is 5.56 Å². The van der Waals surface area contributed by atoms with Gasteiger partial charge < -0.3 is 24.2 Å². The highest BCUT2D eigenvalue weighted by Crippen LogP contribution is 2.27. The summed E-state index contributed by atoms with van der Waals surface area (Å²) in [5.74, 6) is 1.13. The molecule has 3 rings (SSSR count). The molecule has 0 saturated heterocycles. The molecule has 8 heteroatoms. The highest BCUT2D eigenvalue weighted by atomic mass is 16.5. The molecule has 3 aromatic rings. The van der Waals surface area contributed by atoms with Crippen molar-refractivity contribution in [2.75, 3.05) is 14.2 Å². The van der Waals surface area contributed by atoms with Crippen molar-refractivity contribution in [1.82, 2.24) is 15.3 Å². The van der Waals surface area contributed by atoms with Crippen molar-refractivity contribution in [3.05, 3.63) is 64.4 Å². The van der Waals surface area contributed by atoms with Crippen molar-refractivity contribution in [3.8, 4) is 23.0 Å². The molecule has 0 aliphatic heterocycles. The monoisotopic (exact) mass is 355 g/mol. The number of hydrogen-bond donors (Lipinski definition) is 2. The zero-order valence-corrected chi connectivity index (χ0v) is 14.2. The molecule has 0 atom stereocenters. The van der Waals surface area contributed by atoms with Gasteiger partial charge in [-0.15, -0.1) is 0 Å². The van der Waals surface area contributed by atoms with E-state index in [1.54, 1.807) is 37.4 Å². The predicted molar refractivity (Wildman–Crippen MR) is 93.3 cm³/mol. The zero-order chi connectivity index (χ0) is 18.5. The standard InChI is InChI=1S/C18H17N3O5/c1-24-15-6-5-11(8-16(15)25-2)10-19-17(22)13-9-12(20-18(23)21-13)14-4-3-7-26-14/h3-9H,10H2,1-2H3,(H,19,22)(H,20,21,23). The van der Waals surface area contributed by atoms with Gasteiger partial charge in [-0.3, -0.25) is 4.79 Å². The lowest BCUT2D eigenvalue weighted by Crippen LogP contribution is -2.27. The molecule has 8 nitrogen and oxygen atoms in total. The number of rotatable bonds is 6. The normalized spacial score (nSPS) is 10.4. The number of furan rings is 1. The Morgan fingerprint density at radius 1 is 1.19 bits per heavy atom. The summed E-state index contributed by atoms with van der Waals surface area (Å²) in [6, 6.07) is 10.1. The SMILES string of the molecule is COc1ccc(CNC(=O)c2cc(-c3ccco3)[nH]c(=O)n2)cc1OC. The minimum Gasteiger partial charge on any atom is -0.493 e. The molecule has 0 unspecified atom stereocenters. The number of carbonyl (C=O) groups excluding carboxylic acids is 1. The van der Waals surface area contributed by atoms with Crippen LogP contribution in [0.1, 0.15) is 16.1 Å². The molecule has 0 aliphatic rings. The van der Waals surface area contributed by atoms with Crippen LogP contribution in [0.4, 0.5) is 0 Å². The predicted octanol–water partition coefficient (Wildman–Crippen LogP) is 1.98. The molecule has 0 bridgehead atoms. The van der Waals surface area contributed by atoms with Gasteiger partial charge in [0.05, 0.1) is 26.2 Å². The summed E-state index contributed by atoms with van der Waals surface area (Å²) in [7, 11) is 3.09. The Bertz CT molecular complexity index is 963. The second-order valence-corrected chi connectivity index (χ2v) is 5.33. The van der Waals surface area contributed by atoms with Crippen LogP contribution < -0.4 is 20.5 Å². The first-order valence-corrected chi connectivity index (χ1v) is 7.75. The average molecular weight is 355 g/mol. The number of amides is 1. The van der Waals surface area contributed by atoms with Gasteiger partial charge in [0, 0.05) is 6.54 Å². The maximum absolute atomic E-state index is 12.4. The van der Waals surface area contributed by atoms with E-state index in [0.29, 0.717) is 23.0 Å². The fourth-order valence-corrected chi connectivity index (χ4v) is 2.40. The van der Waals surface area contributed by atoms with Crippen LogP contribution in [0, 0.1) is 0 Å². The third kappa shape index (κ3) is 3.75. The van der Waals surface area contributed by atoms with Gasteiger partial charge in [-0.05, 0) is 35.9 Å². The van der Waals surface area contributed by atoms with Crippen LogP contribution in [0.25, 0.3) is 11.5 Å². The topological polar surface area (TPSA) is 106 Å². The van der Waals surface area contributed by atoms with Crippen molar-refractivity contribution in [2.45, 2.75) is 6.54 Å². The van der Waals surface area contributed by atoms with Crippen molar-refractivity contribution >= 4 is 5.91 Å². The molecule has 2 aromatic heterocycles. The van der Waals surface area contributed by atoms with Crippen LogP contribution in [0.5, 0.6) is 11.5 Å². The minimum absolute atomic E-state index is 0.000580. The smallest absolute Gasteiger partial charge is 0.346 e. The van der Waals surface area contributed by atoms with E-state index >= 15 is 0 Å². The number of carbonyl (C=O) groups is 1. The number of benzene rings is 1. The number of nitrogens with zero attached hydrogens (tertiary/aromatic N) is 1. The molecule has 0 radical (unpaired) electrons. The Hall–Kier alpha value is -3.55. The van der Waals surface area contributed by atoms with E-state index in [4.69, 9.17) is 13.9 Å². The van der Waals surface area contributed by atoms with Gasteiger partial charge in [0.2, 0.25) is 0 Å². The Labute approximate surface area is 148 Å². The van der Waals surface area contributed by atoms with E-state index in [2.05, 4.69) is 15.3 Å². The van der Waals surface area contributed by atoms with Gasteiger partial charge in [-0.1, -0.05) is 6.07 Å². The van der Waals surface area contributed by atoms with Crippen LogP contribution in [0.2, 0.25) is 0 Å². The van der Waals surface area contributed by atoms with Crippen LogP contribution in [-0.4, -0.2) is 30.1 Å². The van der Waals surface area contributed by atoms with Gasteiger partial charge in [0.15, 0.2) is 11.5 Å². The number of H-pyrrole nitrogens is 1. The summed E-state index contributed by atoms with van der Waals surface area (Å²) in [4.78, 5) is 30.3. The van der Waals surface area contributed by atoms with Crippen LogP contribution >= 0.6 is 0 Å². The van der Waals surface area contributed by atoms with Crippen molar-refractivity contribution in [2.24, 2.45) is 0 Å². The van der Waals surface area contributed by atoms with Gasteiger partial charge in [-0.25, -0.2) is 4.79 Å². The molecule has 0 spiro atoms. The first kappa shape index (κ1) is 17.3. The second-order valence-electron chi connectivity index (χ2n) is 5.33. The molecule has 0 fully saturated rings. The number of aromatic amines is 1. The van der Waals surface area contributed by atoms with Crippen molar-refractivity contribution in [3.63, 3.8) is 0 Å². The lowest BCUT2D eigenvalue weighted by atomic mass is 10.2. The van der Waals surface area contributed by atoms with Crippen molar-refractivity contribution in [1.29, 1.82) is 0 Å². The number of ether oxygens (including phenoxy) is 2. The molecule has 0 saturated carbocycles. The number of nitrogens with one attached hydrogen (secondary N) is 2. The Kier molecular flexibility index (Phi) is 5.02. The third-order valence-corrected chi connectivity index (χ3v) is 3.66. The molecule has 0 aliphatic carbocycles. The lowest BCUT2D eigenvalue weighted by Gasteiger charge is -2.10. The summed E-state index contributed by atoms with van der Waals surface area (Å²) < 4.78 is 15.6. The van der Waals surface area contributed by atoms with Gasteiger partial charge in [0.25, 0.3) is 5.91 Å². The molecule has 1 amide bonds. The first-order valence-electron chi connectivity index (χ1n) is 7.75. The lowest BCUT2D eigenvalue weighted by molar-refractivity contribution is 0.0945. The quantitative estimate of drug-likeness (QED) is 0.700. The summed E-state index contributed by atoms with van der Waals surface area (Å²) in [5.41, 5.74) is 0.564. The fourth-order valence-electron chi connectivity index (χ4n) is 2.40. The Morgan fingerprint density at radius 2 is 2.00 bits per heavy atom. The third-order valence-electron chi connectivity index (χ3n) is 3.66. The van der Waals surface area contributed by atoms with E-state index < -0.39 is 11.6 Å². The van der Waals surface area contributed by atoms with E-state index in [1.807, 2.05) is 0 Å². The van der Waals surface area contributed by atoms with E-state index in [1.165, 1.54) is 19.4 Å². The Balaban J connectivity index is 1.76. The van der Waals surface area contributed by atoms with Crippen LogP contribution in [0.15, 0.2) is 51.9 Å². The molecular weight excluding hydrogens is 338 g/mol. The Morgan fingerprint density at radius 3 is 2.69 bits per heavy atom. The maximum Gasteiger partial charge on any atom is 0.346 e. The highest BCUT2D eigenvalue weighted by Gasteiger charge is 2.13. The minimum atomic E-state index is -0.629. The summed E-state index contributed by atoms with van der Waals surface area (Å²) >= 11 is 0. The number of methoxy groups -OCH3 is 2. The van der Waals surface area contributed by atoms with Gasteiger partial charge >= 0.3 is 5.69 Å². The zero-order valence-electron chi connectivity index (χ0n) is 14.2. The van der Waals surface area contributed by atoms with E-state index in [-0.39, 0.29) is 12.2 Å². The maximum atomic E-state index is 12.4. The number of aromatic nitrogens is 2. The summed E-state index contributed by atoms with van der Waals surface area (Å²) in [6.45, 7) is 0.240. The molecule has 2 heterocycles. The van der Waals surface area contributed by atoms with Gasteiger partial charge in [-0.2, -0.15) is 4.98 Å². The summed E-state index contributed by atoms with van der Waals surface area (Å²) in [6.07, 6.45) is 1.48. The van der Waals surface area contributed by atoms with Crippen molar-refractivity contribution < 1.29 is 18.7 Å². The number of hydrogen-bond acceptors (Lipinski definition) is 6. The molecule has 26 heavy (non-hydrogen) atoms. The second kappa shape index (κ2) is 7.56. The van der Waals surface area contributed by atoms with Gasteiger partial charge in [0.1, 0.15) is 11.5 Å². The molecular formula is C18H17N3O5. The first-order chi connectivity index (χ1) is 12.6. The van der Waals surface area contributed by atoms with Crippen LogP contribution in [0.3, 0.4) is 0 Å². The molecule has 1 aromatic carbocycles. The fraction of sp³-hybridized carbons (Fsp3) is 0.167. The highest BCUT2D eigenvalue weighted by molar-refractivity contribution is 5.92.